The zero-order valence-electron chi connectivity index (χ0n) is 14.7. The van der Waals surface area contributed by atoms with Crippen molar-refractivity contribution in [3.8, 4) is 5.75 Å². The van der Waals surface area contributed by atoms with Crippen LogP contribution in [0.25, 0.3) is 0 Å². The third-order valence-corrected chi connectivity index (χ3v) is 5.16. The Morgan fingerprint density at radius 3 is 2.52 bits per heavy atom. The van der Waals surface area contributed by atoms with Crippen molar-refractivity contribution >= 4 is 46.1 Å². The fraction of sp³-hybridized carbons (Fsp3) is 0.100. The highest BCUT2D eigenvalue weighted by atomic mass is 35.5. The number of methoxy groups -OCH3 is 1. The highest BCUT2D eigenvalue weighted by Crippen LogP contribution is 2.29. The van der Waals surface area contributed by atoms with E-state index >= 15 is 0 Å². The number of hydrogen-bond donors (Lipinski definition) is 2. The Bertz CT molecular complexity index is 987. The Balaban J connectivity index is 1.76. The number of ether oxygens (including phenoxy) is 1. The number of aryl methyl sites for hydroxylation is 1. The molecule has 3 rings (SSSR count). The zero-order chi connectivity index (χ0) is 19.4. The summed E-state index contributed by atoms with van der Waals surface area (Å²) in [5.41, 5.74) is 2.43. The van der Waals surface area contributed by atoms with Crippen molar-refractivity contribution in [3.05, 3.63) is 74.9 Å². The Labute approximate surface area is 165 Å². The molecule has 0 atom stereocenters. The van der Waals surface area contributed by atoms with Crippen molar-refractivity contribution in [2.24, 2.45) is 0 Å². The Morgan fingerprint density at radius 2 is 1.85 bits per heavy atom. The quantitative estimate of drug-likeness (QED) is 0.616. The van der Waals surface area contributed by atoms with Gasteiger partial charge in [0.15, 0.2) is 0 Å². The number of rotatable bonds is 5. The van der Waals surface area contributed by atoms with Gasteiger partial charge in [0, 0.05) is 22.3 Å². The molecule has 1 heterocycles. The molecule has 27 heavy (non-hydrogen) atoms. The van der Waals surface area contributed by atoms with Crippen LogP contribution in [0.2, 0.25) is 5.02 Å². The van der Waals surface area contributed by atoms with Gasteiger partial charge in [0.2, 0.25) is 0 Å². The maximum absolute atomic E-state index is 12.4. The SMILES string of the molecule is COc1cc(NC(=O)c2ccc(C)c(Cl)c2)ccc1NC(=O)c1cccs1. The molecule has 1 aromatic heterocycles. The third-order valence-electron chi connectivity index (χ3n) is 3.89. The molecule has 0 bridgehead atoms. The average molecular weight is 401 g/mol. The van der Waals surface area contributed by atoms with Crippen molar-refractivity contribution in [1.29, 1.82) is 0 Å². The summed E-state index contributed by atoms with van der Waals surface area (Å²) in [7, 11) is 1.50. The lowest BCUT2D eigenvalue weighted by Crippen LogP contribution is -2.13. The number of halogens is 1. The minimum atomic E-state index is -0.283. The van der Waals surface area contributed by atoms with Gasteiger partial charge in [-0.25, -0.2) is 0 Å². The first-order valence-corrected chi connectivity index (χ1v) is 9.34. The highest BCUT2D eigenvalue weighted by Gasteiger charge is 2.13. The number of amides is 2. The number of carbonyl (C=O) groups excluding carboxylic acids is 2. The van der Waals surface area contributed by atoms with Crippen LogP contribution in [0.5, 0.6) is 5.75 Å². The van der Waals surface area contributed by atoms with E-state index in [0.717, 1.165) is 5.56 Å². The molecule has 2 N–H and O–H groups in total. The van der Waals surface area contributed by atoms with E-state index in [2.05, 4.69) is 10.6 Å². The molecule has 2 aromatic carbocycles. The number of anilines is 2. The van der Waals surface area contributed by atoms with Gasteiger partial charge in [-0.15, -0.1) is 11.3 Å². The second kappa shape index (κ2) is 8.24. The van der Waals surface area contributed by atoms with E-state index in [-0.39, 0.29) is 11.8 Å². The van der Waals surface area contributed by atoms with E-state index in [0.29, 0.717) is 32.6 Å². The maximum Gasteiger partial charge on any atom is 0.265 e. The smallest absolute Gasteiger partial charge is 0.265 e. The molecule has 138 valence electrons. The fourth-order valence-electron chi connectivity index (χ4n) is 2.40. The van der Waals surface area contributed by atoms with Crippen molar-refractivity contribution in [3.63, 3.8) is 0 Å². The van der Waals surface area contributed by atoms with Gasteiger partial charge in [-0.1, -0.05) is 23.7 Å². The van der Waals surface area contributed by atoms with Crippen molar-refractivity contribution in [1.82, 2.24) is 0 Å². The molecular formula is C20H17ClN2O3S. The third kappa shape index (κ3) is 4.48. The van der Waals surface area contributed by atoms with E-state index in [1.807, 2.05) is 18.4 Å². The molecular weight excluding hydrogens is 384 g/mol. The minimum Gasteiger partial charge on any atom is -0.494 e. The summed E-state index contributed by atoms with van der Waals surface area (Å²) >= 11 is 7.44. The molecule has 0 aliphatic carbocycles. The van der Waals surface area contributed by atoms with Gasteiger partial charge < -0.3 is 15.4 Å². The lowest BCUT2D eigenvalue weighted by Gasteiger charge is -2.12. The van der Waals surface area contributed by atoms with Crippen LogP contribution in [-0.4, -0.2) is 18.9 Å². The van der Waals surface area contributed by atoms with Crippen LogP contribution in [0.1, 0.15) is 25.6 Å². The highest BCUT2D eigenvalue weighted by molar-refractivity contribution is 7.12. The van der Waals surface area contributed by atoms with Gasteiger partial charge in [-0.05, 0) is 48.2 Å². The molecule has 0 saturated carbocycles. The first-order chi connectivity index (χ1) is 13.0. The van der Waals surface area contributed by atoms with Crippen molar-refractivity contribution < 1.29 is 14.3 Å². The standard InChI is InChI=1S/C20H17ClN2O3S/c1-12-5-6-13(10-15(12)21)19(24)22-14-7-8-16(17(11-14)26-2)23-20(25)18-4-3-9-27-18/h3-11H,1-2H3,(H,22,24)(H,23,25). The van der Waals surface area contributed by atoms with Crippen LogP contribution in [-0.2, 0) is 0 Å². The number of carbonyl (C=O) groups is 2. The summed E-state index contributed by atoms with van der Waals surface area (Å²) < 4.78 is 5.34. The molecule has 0 spiro atoms. The van der Waals surface area contributed by atoms with Gasteiger partial charge in [-0.2, -0.15) is 0 Å². The summed E-state index contributed by atoms with van der Waals surface area (Å²) in [6, 6.07) is 13.7. The Morgan fingerprint density at radius 1 is 1.04 bits per heavy atom. The lowest BCUT2D eigenvalue weighted by atomic mass is 10.1. The minimum absolute atomic E-state index is 0.214. The van der Waals surface area contributed by atoms with E-state index < -0.39 is 0 Å². The lowest BCUT2D eigenvalue weighted by molar-refractivity contribution is 0.102. The van der Waals surface area contributed by atoms with E-state index in [1.165, 1.54) is 18.4 Å². The second-order valence-electron chi connectivity index (χ2n) is 5.76. The molecule has 7 heteroatoms. The summed E-state index contributed by atoms with van der Waals surface area (Å²) in [6.45, 7) is 1.87. The van der Waals surface area contributed by atoms with Crippen LogP contribution in [0.4, 0.5) is 11.4 Å². The number of hydrogen-bond acceptors (Lipinski definition) is 4. The second-order valence-corrected chi connectivity index (χ2v) is 7.12. The molecule has 0 fully saturated rings. The van der Waals surface area contributed by atoms with Crippen LogP contribution in [0.3, 0.4) is 0 Å². The molecule has 2 amide bonds. The molecule has 0 aliphatic rings. The maximum atomic E-state index is 12.4. The van der Waals surface area contributed by atoms with E-state index in [9.17, 15) is 9.59 Å². The normalized spacial score (nSPS) is 10.3. The summed E-state index contributed by atoms with van der Waals surface area (Å²) in [4.78, 5) is 25.2. The van der Waals surface area contributed by atoms with Crippen LogP contribution < -0.4 is 15.4 Å². The largest absolute Gasteiger partial charge is 0.494 e. The molecule has 0 saturated heterocycles. The molecule has 0 radical (unpaired) electrons. The number of thiophene rings is 1. The predicted octanol–water partition coefficient (Wildman–Crippen LogP) is 5.22. The van der Waals surface area contributed by atoms with E-state index in [1.54, 1.807) is 42.5 Å². The number of benzene rings is 2. The van der Waals surface area contributed by atoms with E-state index in [4.69, 9.17) is 16.3 Å². The average Bonchev–Trinajstić information content (AvgIpc) is 3.20. The summed E-state index contributed by atoms with van der Waals surface area (Å²) in [5, 5.41) is 7.98. The van der Waals surface area contributed by atoms with Gasteiger partial charge in [-0.3, -0.25) is 9.59 Å². The topological polar surface area (TPSA) is 67.4 Å². The van der Waals surface area contributed by atoms with Crippen molar-refractivity contribution in [2.45, 2.75) is 6.92 Å². The van der Waals surface area contributed by atoms with Crippen LogP contribution in [0.15, 0.2) is 53.9 Å². The summed E-state index contributed by atoms with van der Waals surface area (Å²) in [5.74, 6) is -0.0525. The molecule has 0 aliphatic heterocycles. The van der Waals surface area contributed by atoms with Gasteiger partial charge in [0.25, 0.3) is 11.8 Å². The Hall–Kier alpha value is -2.83. The van der Waals surface area contributed by atoms with Gasteiger partial charge in [0.1, 0.15) is 5.75 Å². The number of nitrogens with one attached hydrogen (secondary N) is 2. The summed E-state index contributed by atoms with van der Waals surface area (Å²) in [6.07, 6.45) is 0. The predicted molar refractivity (Wildman–Crippen MR) is 109 cm³/mol. The molecule has 3 aromatic rings. The zero-order valence-corrected chi connectivity index (χ0v) is 16.3. The fourth-order valence-corrected chi connectivity index (χ4v) is 3.20. The van der Waals surface area contributed by atoms with Gasteiger partial charge in [0.05, 0.1) is 17.7 Å². The molecule has 5 nitrogen and oxygen atoms in total. The monoisotopic (exact) mass is 400 g/mol. The van der Waals surface area contributed by atoms with Crippen molar-refractivity contribution in [2.75, 3.05) is 17.7 Å². The van der Waals surface area contributed by atoms with Gasteiger partial charge >= 0.3 is 0 Å². The Kier molecular flexibility index (Phi) is 5.78. The first-order valence-electron chi connectivity index (χ1n) is 8.08. The molecule has 0 unspecified atom stereocenters. The first kappa shape index (κ1) is 18.9. The van der Waals surface area contributed by atoms with Crippen LogP contribution >= 0.6 is 22.9 Å². The van der Waals surface area contributed by atoms with Crippen LogP contribution in [0, 0.1) is 6.92 Å².